The van der Waals surface area contributed by atoms with Gasteiger partial charge in [-0.15, -0.1) is 0 Å². The van der Waals surface area contributed by atoms with E-state index >= 15 is 0 Å². The Morgan fingerprint density at radius 3 is 2.42 bits per heavy atom. The zero-order valence-electron chi connectivity index (χ0n) is 23.3. The van der Waals surface area contributed by atoms with Crippen LogP contribution >= 0.6 is 0 Å². The lowest BCUT2D eigenvalue weighted by molar-refractivity contribution is 0.102. The second-order valence-corrected chi connectivity index (χ2v) is 10.0. The number of ether oxygens (including phenoxy) is 4. The molecular weight excluding hydrogens is 512 g/mol. The molecule has 9 nitrogen and oxygen atoms in total. The van der Waals surface area contributed by atoms with E-state index in [1.54, 1.807) is 50.6 Å². The average Bonchev–Trinajstić information content (AvgIpc) is 2.94. The fourth-order valence-corrected chi connectivity index (χ4v) is 4.30. The van der Waals surface area contributed by atoms with E-state index in [1.807, 2.05) is 38.1 Å². The van der Waals surface area contributed by atoms with Gasteiger partial charge >= 0.3 is 5.63 Å². The van der Waals surface area contributed by atoms with E-state index in [9.17, 15) is 9.59 Å². The van der Waals surface area contributed by atoms with Crippen LogP contribution in [0, 0.1) is 0 Å². The molecule has 0 radical (unpaired) electrons. The molecule has 0 bridgehead atoms. The van der Waals surface area contributed by atoms with Crippen LogP contribution in [0.25, 0.3) is 22.1 Å². The number of amides is 1. The topological polar surface area (TPSA) is 122 Å². The zero-order chi connectivity index (χ0) is 28.9. The van der Waals surface area contributed by atoms with E-state index in [1.165, 1.54) is 7.11 Å². The minimum Gasteiger partial charge on any atom is -0.497 e. The number of carbonyl (C=O) groups is 1. The van der Waals surface area contributed by atoms with Crippen LogP contribution < -0.4 is 35.6 Å². The molecule has 40 heavy (non-hydrogen) atoms. The summed E-state index contributed by atoms with van der Waals surface area (Å²) in [7, 11) is 4.62. The molecule has 0 fully saturated rings. The summed E-state index contributed by atoms with van der Waals surface area (Å²) < 4.78 is 27.8. The van der Waals surface area contributed by atoms with E-state index in [4.69, 9.17) is 29.1 Å². The van der Waals surface area contributed by atoms with Crippen molar-refractivity contribution in [2.24, 2.45) is 5.73 Å². The number of fused-ring (bicyclic) bond motifs is 1. The second-order valence-electron chi connectivity index (χ2n) is 10.0. The van der Waals surface area contributed by atoms with E-state index < -0.39 is 11.5 Å². The van der Waals surface area contributed by atoms with E-state index in [0.717, 1.165) is 18.4 Å². The van der Waals surface area contributed by atoms with Crippen molar-refractivity contribution in [2.75, 3.05) is 33.3 Å². The van der Waals surface area contributed by atoms with E-state index in [0.29, 0.717) is 46.1 Å². The van der Waals surface area contributed by atoms with E-state index in [2.05, 4.69) is 5.32 Å². The zero-order valence-corrected chi connectivity index (χ0v) is 23.3. The Morgan fingerprint density at radius 2 is 1.73 bits per heavy atom. The van der Waals surface area contributed by atoms with Crippen molar-refractivity contribution in [3.63, 3.8) is 0 Å². The van der Waals surface area contributed by atoms with Gasteiger partial charge in [0, 0.05) is 22.1 Å². The smallest absolute Gasteiger partial charge is 0.360 e. The van der Waals surface area contributed by atoms with Crippen LogP contribution in [-0.4, -0.2) is 39.4 Å². The summed E-state index contributed by atoms with van der Waals surface area (Å²) >= 11 is 0. The quantitative estimate of drug-likeness (QED) is 0.183. The minimum absolute atomic E-state index is 0.00264. The van der Waals surface area contributed by atoms with Crippen LogP contribution in [0.15, 0.2) is 69.9 Å². The van der Waals surface area contributed by atoms with Gasteiger partial charge in [-0.3, -0.25) is 4.79 Å². The van der Waals surface area contributed by atoms with Gasteiger partial charge in [-0.25, -0.2) is 4.79 Å². The highest BCUT2D eigenvalue weighted by molar-refractivity contribution is 6.06. The molecule has 3 N–H and O–H groups in total. The number of nitrogens with two attached hydrogens (primary N) is 1. The van der Waals surface area contributed by atoms with Gasteiger partial charge in [-0.2, -0.15) is 0 Å². The second kappa shape index (κ2) is 12.1. The molecule has 1 amide bonds. The molecule has 210 valence electrons. The first-order valence-corrected chi connectivity index (χ1v) is 12.8. The molecule has 0 saturated carbocycles. The van der Waals surface area contributed by atoms with Crippen molar-refractivity contribution >= 4 is 22.6 Å². The van der Waals surface area contributed by atoms with Crippen LogP contribution in [0.5, 0.6) is 23.0 Å². The van der Waals surface area contributed by atoms with Crippen LogP contribution in [0.3, 0.4) is 0 Å². The lowest BCUT2D eigenvalue weighted by Crippen LogP contribution is -2.32. The molecule has 0 aliphatic carbocycles. The summed E-state index contributed by atoms with van der Waals surface area (Å²) in [5.41, 5.74) is 7.10. The molecule has 0 aliphatic heterocycles. The first-order chi connectivity index (χ1) is 19.1. The number of rotatable bonds is 11. The molecule has 0 saturated heterocycles. The van der Waals surface area contributed by atoms with Gasteiger partial charge in [-0.05, 0) is 80.8 Å². The van der Waals surface area contributed by atoms with Gasteiger partial charge < -0.3 is 34.4 Å². The Balaban J connectivity index is 1.59. The molecule has 0 atom stereocenters. The van der Waals surface area contributed by atoms with Crippen molar-refractivity contribution in [2.45, 2.75) is 32.2 Å². The highest BCUT2D eigenvalue weighted by atomic mass is 16.5. The van der Waals surface area contributed by atoms with Gasteiger partial charge in [0.05, 0.1) is 27.9 Å². The molecule has 1 aromatic heterocycles. The average molecular weight is 547 g/mol. The third-order valence-corrected chi connectivity index (χ3v) is 6.34. The highest BCUT2D eigenvalue weighted by Crippen LogP contribution is 2.36. The van der Waals surface area contributed by atoms with Gasteiger partial charge in [0.25, 0.3) is 5.91 Å². The minimum atomic E-state index is -0.720. The molecule has 4 rings (SSSR count). The number of hydrogen-bond donors (Lipinski definition) is 2. The molecule has 0 unspecified atom stereocenters. The first kappa shape index (κ1) is 28.5. The maximum absolute atomic E-state index is 13.2. The molecule has 1 heterocycles. The summed E-state index contributed by atoms with van der Waals surface area (Å²) in [6, 6.07) is 17.5. The predicted molar refractivity (Wildman–Crippen MR) is 155 cm³/mol. The third-order valence-electron chi connectivity index (χ3n) is 6.34. The molecule has 0 aliphatic rings. The lowest BCUT2D eigenvalue weighted by Gasteiger charge is -2.18. The Morgan fingerprint density at radius 1 is 0.950 bits per heavy atom. The molecule has 0 spiro atoms. The number of methoxy groups -OCH3 is 3. The number of hydrogen-bond acceptors (Lipinski definition) is 8. The molecule has 9 heteroatoms. The standard InChI is InChI=1S/C31H34N2O7/c1-31(2,32)14-7-15-39-26-13-10-20-18-24(30(35)40-27(20)28(26)38-5)33-29(34)21-11-12-25(37-4)23(17-21)19-8-6-9-22(16-19)36-3/h6,8-13,16-18H,7,14-15,32H2,1-5H3,(H,33,34). The van der Waals surface area contributed by atoms with Crippen molar-refractivity contribution in [3.05, 3.63) is 76.6 Å². The molecule has 3 aromatic carbocycles. The summed E-state index contributed by atoms with van der Waals surface area (Å²) in [6.07, 6.45) is 1.54. The Kier molecular flexibility index (Phi) is 8.64. The number of benzene rings is 3. The van der Waals surface area contributed by atoms with Gasteiger partial charge in [0.15, 0.2) is 11.3 Å². The lowest BCUT2D eigenvalue weighted by atomic mass is 10.0. The fraction of sp³-hybridized carbons (Fsp3) is 0.290. The summed E-state index contributed by atoms with van der Waals surface area (Å²) in [4.78, 5) is 26.1. The SMILES string of the molecule is COc1cccc(-c2cc(C(=O)Nc3cc4ccc(OCCCC(C)(C)N)c(OC)c4oc3=O)ccc2OC)c1. The molecular formula is C31H34N2O7. The van der Waals surface area contributed by atoms with E-state index in [-0.39, 0.29) is 16.8 Å². The normalized spacial score (nSPS) is 11.2. The van der Waals surface area contributed by atoms with Gasteiger partial charge in [0.2, 0.25) is 5.75 Å². The van der Waals surface area contributed by atoms with Crippen molar-refractivity contribution in [1.82, 2.24) is 0 Å². The fourth-order valence-electron chi connectivity index (χ4n) is 4.30. The van der Waals surface area contributed by atoms with Gasteiger partial charge in [0.1, 0.15) is 17.2 Å². The maximum Gasteiger partial charge on any atom is 0.360 e. The third kappa shape index (κ3) is 6.55. The maximum atomic E-state index is 13.2. The number of nitrogens with one attached hydrogen (secondary N) is 1. The van der Waals surface area contributed by atoms with Gasteiger partial charge in [-0.1, -0.05) is 12.1 Å². The summed E-state index contributed by atoms with van der Waals surface area (Å²) in [6.45, 7) is 4.35. The Labute approximate surface area is 232 Å². The van der Waals surface area contributed by atoms with Crippen molar-refractivity contribution in [1.29, 1.82) is 0 Å². The number of anilines is 1. The van der Waals surface area contributed by atoms with Crippen LogP contribution in [0.1, 0.15) is 37.0 Å². The predicted octanol–water partition coefficient (Wildman–Crippen LogP) is 5.63. The first-order valence-electron chi connectivity index (χ1n) is 12.8. The van der Waals surface area contributed by atoms with Crippen LogP contribution in [-0.2, 0) is 0 Å². The molecule has 4 aromatic rings. The van der Waals surface area contributed by atoms with Crippen LogP contribution in [0.4, 0.5) is 5.69 Å². The summed E-state index contributed by atoms with van der Waals surface area (Å²) in [5.74, 6) is 1.54. The van der Waals surface area contributed by atoms with Crippen molar-refractivity contribution < 1.29 is 28.2 Å². The monoisotopic (exact) mass is 546 g/mol. The Hall–Kier alpha value is -4.50. The van der Waals surface area contributed by atoms with Crippen LogP contribution in [0.2, 0.25) is 0 Å². The Bertz CT molecular complexity index is 1570. The van der Waals surface area contributed by atoms with Crippen molar-refractivity contribution in [3.8, 4) is 34.1 Å². The summed E-state index contributed by atoms with van der Waals surface area (Å²) in [5, 5.41) is 3.23. The number of carbonyl (C=O) groups excluding carboxylic acids is 1. The largest absolute Gasteiger partial charge is 0.497 e. The highest BCUT2D eigenvalue weighted by Gasteiger charge is 2.18.